The number of hydrogen-bond acceptors (Lipinski definition) is 4. The summed E-state index contributed by atoms with van der Waals surface area (Å²) in [5.74, 6) is -0.580. The fourth-order valence-electron chi connectivity index (χ4n) is 2.13. The summed E-state index contributed by atoms with van der Waals surface area (Å²) in [5.41, 5.74) is 11.2. The Morgan fingerprint density at radius 3 is 2.42 bits per heavy atom. The lowest BCUT2D eigenvalue weighted by Gasteiger charge is -2.29. The molecule has 0 spiro atoms. The van der Waals surface area contributed by atoms with Crippen molar-refractivity contribution >= 4 is 15.9 Å². The monoisotopic (exact) mass is 283 g/mol. The Balaban J connectivity index is 2.26. The third-order valence-corrected chi connectivity index (χ3v) is 5.08. The van der Waals surface area contributed by atoms with Gasteiger partial charge < -0.3 is 11.5 Å². The molecular weight excluding hydrogens is 266 g/mol. The van der Waals surface area contributed by atoms with Crippen LogP contribution in [0.5, 0.6) is 0 Å². The first-order chi connectivity index (χ1) is 8.91. The van der Waals surface area contributed by atoms with Crippen LogP contribution in [0.3, 0.4) is 0 Å². The van der Waals surface area contributed by atoms with Crippen LogP contribution in [0.4, 0.5) is 0 Å². The Morgan fingerprint density at radius 2 is 1.89 bits per heavy atom. The molecule has 4 N–H and O–H groups in total. The molecular formula is C12H17N3O3S. The van der Waals surface area contributed by atoms with Crippen molar-refractivity contribution < 1.29 is 13.2 Å². The average Bonchev–Trinajstić information content (AvgIpc) is 2.39. The minimum atomic E-state index is -3.54. The van der Waals surface area contributed by atoms with Gasteiger partial charge in [0.1, 0.15) is 0 Å². The summed E-state index contributed by atoms with van der Waals surface area (Å²) in [5, 5.41) is 0. The number of nitrogens with zero attached hydrogens (tertiary/aromatic N) is 1. The predicted octanol–water partition coefficient (Wildman–Crippen LogP) is -0.103. The highest BCUT2D eigenvalue weighted by Gasteiger charge is 2.28. The number of piperidine rings is 1. The fraction of sp³-hybridized carbons (Fsp3) is 0.417. The van der Waals surface area contributed by atoms with Crippen molar-refractivity contribution in [2.75, 3.05) is 13.1 Å². The van der Waals surface area contributed by atoms with Gasteiger partial charge in [0.05, 0.1) is 4.90 Å². The first kappa shape index (κ1) is 14.0. The average molecular weight is 283 g/mol. The molecule has 2 rings (SSSR count). The molecule has 104 valence electrons. The Morgan fingerprint density at radius 1 is 1.26 bits per heavy atom. The molecule has 1 heterocycles. The van der Waals surface area contributed by atoms with E-state index >= 15 is 0 Å². The molecule has 1 aromatic carbocycles. The smallest absolute Gasteiger partial charge is 0.248 e. The minimum Gasteiger partial charge on any atom is -0.366 e. The predicted molar refractivity (Wildman–Crippen MR) is 70.9 cm³/mol. The summed E-state index contributed by atoms with van der Waals surface area (Å²) >= 11 is 0. The van der Waals surface area contributed by atoms with Gasteiger partial charge in [-0.2, -0.15) is 4.31 Å². The number of primary amides is 1. The van der Waals surface area contributed by atoms with E-state index in [0.29, 0.717) is 13.1 Å². The summed E-state index contributed by atoms with van der Waals surface area (Å²) in [7, 11) is -3.54. The first-order valence-corrected chi connectivity index (χ1v) is 7.51. The Kier molecular flexibility index (Phi) is 3.88. The third-order valence-electron chi connectivity index (χ3n) is 3.20. The molecule has 1 atom stereocenters. The second-order valence-electron chi connectivity index (χ2n) is 4.65. The summed E-state index contributed by atoms with van der Waals surface area (Å²) in [4.78, 5) is 11.1. The molecule has 1 amide bonds. The zero-order valence-corrected chi connectivity index (χ0v) is 11.3. The number of rotatable bonds is 3. The summed E-state index contributed by atoms with van der Waals surface area (Å²) in [6, 6.07) is 5.51. The van der Waals surface area contributed by atoms with E-state index in [2.05, 4.69) is 0 Å². The molecule has 0 aliphatic carbocycles. The molecule has 7 heteroatoms. The molecule has 1 aliphatic rings. The summed E-state index contributed by atoms with van der Waals surface area (Å²) in [6.07, 6.45) is 1.60. The van der Waals surface area contributed by atoms with Crippen LogP contribution in [0, 0.1) is 0 Å². The van der Waals surface area contributed by atoms with Crippen molar-refractivity contribution in [3.8, 4) is 0 Å². The van der Waals surface area contributed by atoms with Crippen molar-refractivity contribution in [2.45, 2.75) is 23.8 Å². The van der Waals surface area contributed by atoms with Crippen LogP contribution in [0.2, 0.25) is 0 Å². The second-order valence-corrected chi connectivity index (χ2v) is 6.59. The molecule has 0 aromatic heterocycles. The normalized spacial score (nSPS) is 21.2. The highest BCUT2D eigenvalue weighted by atomic mass is 32.2. The van der Waals surface area contributed by atoms with Crippen LogP contribution in [-0.4, -0.2) is 37.8 Å². The number of amides is 1. The van der Waals surface area contributed by atoms with Crippen molar-refractivity contribution in [1.82, 2.24) is 4.31 Å². The number of benzene rings is 1. The minimum absolute atomic E-state index is 0.117. The maximum Gasteiger partial charge on any atom is 0.248 e. The van der Waals surface area contributed by atoms with Crippen molar-refractivity contribution in [3.63, 3.8) is 0 Å². The summed E-state index contributed by atoms with van der Waals surface area (Å²) < 4.78 is 26.1. The number of carbonyl (C=O) groups is 1. The van der Waals surface area contributed by atoms with Crippen molar-refractivity contribution in [1.29, 1.82) is 0 Å². The lowest BCUT2D eigenvalue weighted by molar-refractivity contribution is 0.1000. The molecule has 0 unspecified atom stereocenters. The van der Waals surface area contributed by atoms with E-state index in [1.165, 1.54) is 28.6 Å². The SMILES string of the molecule is NC(=O)c1ccc(S(=O)(=O)N2CCC[C@@H](N)C2)cc1. The number of carbonyl (C=O) groups excluding carboxylic acids is 1. The van der Waals surface area contributed by atoms with Gasteiger partial charge in [0.15, 0.2) is 0 Å². The Labute approximate surface area is 112 Å². The van der Waals surface area contributed by atoms with Gasteiger partial charge in [0.2, 0.25) is 15.9 Å². The van der Waals surface area contributed by atoms with Crippen LogP contribution >= 0.6 is 0 Å². The number of hydrogen-bond donors (Lipinski definition) is 2. The molecule has 6 nitrogen and oxygen atoms in total. The third kappa shape index (κ3) is 2.94. The molecule has 19 heavy (non-hydrogen) atoms. The van der Waals surface area contributed by atoms with Crippen LogP contribution < -0.4 is 11.5 Å². The van der Waals surface area contributed by atoms with Crippen LogP contribution in [0.25, 0.3) is 0 Å². The van der Waals surface area contributed by atoms with Gasteiger partial charge in [0.25, 0.3) is 0 Å². The van der Waals surface area contributed by atoms with E-state index in [-0.39, 0.29) is 16.5 Å². The van der Waals surface area contributed by atoms with Gasteiger partial charge in [0, 0.05) is 24.7 Å². The maximum atomic E-state index is 12.4. The lowest BCUT2D eigenvalue weighted by atomic mass is 10.1. The first-order valence-electron chi connectivity index (χ1n) is 6.07. The lowest BCUT2D eigenvalue weighted by Crippen LogP contribution is -2.45. The molecule has 0 saturated carbocycles. The highest BCUT2D eigenvalue weighted by Crippen LogP contribution is 2.20. The van der Waals surface area contributed by atoms with E-state index < -0.39 is 15.9 Å². The van der Waals surface area contributed by atoms with E-state index in [4.69, 9.17) is 11.5 Å². The largest absolute Gasteiger partial charge is 0.366 e. The molecule has 1 aromatic rings. The van der Waals surface area contributed by atoms with E-state index in [0.717, 1.165) is 12.8 Å². The standard InChI is InChI=1S/C12H17N3O3S/c13-10-2-1-7-15(8-10)19(17,18)11-5-3-9(4-6-11)12(14)16/h3-6,10H,1-2,7-8,13H2,(H2,14,16)/t10-/m1/s1. The zero-order valence-electron chi connectivity index (χ0n) is 10.5. The number of nitrogens with two attached hydrogens (primary N) is 2. The molecule has 0 radical (unpaired) electrons. The maximum absolute atomic E-state index is 12.4. The van der Waals surface area contributed by atoms with Gasteiger partial charge in [-0.05, 0) is 37.1 Å². The fourth-order valence-corrected chi connectivity index (χ4v) is 3.67. The Hall–Kier alpha value is -1.44. The molecule has 1 aliphatic heterocycles. The van der Waals surface area contributed by atoms with Gasteiger partial charge in [-0.1, -0.05) is 0 Å². The molecule has 1 fully saturated rings. The zero-order chi connectivity index (χ0) is 14.0. The van der Waals surface area contributed by atoms with E-state index in [9.17, 15) is 13.2 Å². The van der Waals surface area contributed by atoms with Gasteiger partial charge in [-0.25, -0.2) is 8.42 Å². The highest BCUT2D eigenvalue weighted by molar-refractivity contribution is 7.89. The second kappa shape index (κ2) is 5.28. The van der Waals surface area contributed by atoms with E-state index in [1.807, 2.05) is 0 Å². The quantitative estimate of drug-likeness (QED) is 0.807. The van der Waals surface area contributed by atoms with E-state index in [1.54, 1.807) is 0 Å². The summed E-state index contributed by atoms with van der Waals surface area (Å²) in [6.45, 7) is 0.813. The molecule has 1 saturated heterocycles. The number of sulfonamides is 1. The van der Waals surface area contributed by atoms with Crippen LogP contribution in [0.1, 0.15) is 23.2 Å². The Bertz CT molecular complexity index is 568. The van der Waals surface area contributed by atoms with Gasteiger partial charge in [-0.3, -0.25) is 4.79 Å². The van der Waals surface area contributed by atoms with Gasteiger partial charge in [-0.15, -0.1) is 0 Å². The van der Waals surface area contributed by atoms with Crippen molar-refractivity contribution in [3.05, 3.63) is 29.8 Å². The van der Waals surface area contributed by atoms with Crippen LogP contribution in [0.15, 0.2) is 29.2 Å². The van der Waals surface area contributed by atoms with Crippen LogP contribution in [-0.2, 0) is 10.0 Å². The van der Waals surface area contributed by atoms with Gasteiger partial charge >= 0.3 is 0 Å². The topological polar surface area (TPSA) is 106 Å². The molecule has 0 bridgehead atoms. The van der Waals surface area contributed by atoms with Crippen molar-refractivity contribution in [2.24, 2.45) is 11.5 Å².